The number of hydrogen-bond donors (Lipinski definition) is 0. The van der Waals surface area contributed by atoms with E-state index in [0.717, 1.165) is 5.56 Å². The number of sulfone groups is 1. The van der Waals surface area contributed by atoms with Gasteiger partial charge in [-0.3, -0.25) is 9.55 Å². The van der Waals surface area contributed by atoms with E-state index in [1.807, 2.05) is 19.9 Å². The first-order chi connectivity index (χ1) is 17.3. The molecule has 4 aromatic rings. The van der Waals surface area contributed by atoms with Crippen LogP contribution in [0.1, 0.15) is 37.0 Å². The molecule has 0 saturated carbocycles. The van der Waals surface area contributed by atoms with Gasteiger partial charge in [0.15, 0.2) is 21.5 Å². The molecule has 2 atom stereocenters. The monoisotopic (exact) mass is 508 g/mol. The fourth-order valence-corrected chi connectivity index (χ4v) is 5.40. The number of pyridine rings is 1. The van der Waals surface area contributed by atoms with Crippen molar-refractivity contribution in [2.75, 3.05) is 14.2 Å². The maximum Gasteiger partial charge on any atom is 0.170 e. The van der Waals surface area contributed by atoms with Crippen LogP contribution in [0.25, 0.3) is 17.1 Å². The number of methoxy groups -OCH3 is 2. The van der Waals surface area contributed by atoms with Gasteiger partial charge >= 0.3 is 0 Å². The second kappa shape index (κ2) is 10.4. The molecule has 0 aliphatic carbocycles. The van der Waals surface area contributed by atoms with E-state index >= 15 is 0 Å². The molecule has 0 bridgehead atoms. The van der Waals surface area contributed by atoms with E-state index in [4.69, 9.17) is 9.47 Å². The lowest BCUT2D eigenvalue weighted by Crippen LogP contribution is -2.27. The summed E-state index contributed by atoms with van der Waals surface area (Å²) in [5.41, 5.74) is 2.07. The fourth-order valence-electron chi connectivity index (χ4n) is 3.85. The van der Waals surface area contributed by atoms with Gasteiger partial charge in [-0.25, -0.2) is 18.4 Å². The third kappa shape index (κ3) is 4.92. The highest BCUT2D eigenvalue weighted by Crippen LogP contribution is 2.37. The highest BCUT2D eigenvalue weighted by molar-refractivity contribution is 7.91. The Bertz CT molecular complexity index is 1420. The van der Waals surface area contributed by atoms with Crippen molar-refractivity contribution in [2.24, 2.45) is 0 Å². The van der Waals surface area contributed by atoms with E-state index in [1.54, 1.807) is 60.5 Å². The number of nitrogens with zero attached hydrogens (tertiary/aromatic N) is 6. The highest BCUT2D eigenvalue weighted by Gasteiger charge is 2.33. The molecule has 1 aromatic carbocycles. The normalized spacial score (nSPS) is 13.2. The Morgan fingerprint density at radius 3 is 2.19 bits per heavy atom. The summed E-state index contributed by atoms with van der Waals surface area (Å²) in [7, 11) is -0.638. The average Bonchev–Trinajstić information content (AvgIpc) is 3.30. The van der Waals surface area contributed by atoms with Crippen molar-refractivity contribution < 1.29 is 17.9 Å². The predicted octanol–water partition coefficient (Wildman–Crippen LogP) is 3.55. The van der Waals surface area contributed by atoms with Gasteiger partial charge in [0.2, 0.25) is 0 Å². The summed E-state index contributed by atoms with van der Waals surface area (Å²) < 4.78 is 40.1. The van der Waals surface area contributed by atoms with Crippen molar-refractivity contribution in [3.05, 3.63) is 72.3 Å². The molecule has 0 radical (unpaired) electrons. The highest BCUT2D eigenvalue weighted by atomic mass is 32.2. The third-order valence-electron chi connectivity index (χ3n) is 6.08. The first kappa shape index (κ1) is 25.2. The maximum absolute atomic E-state index is 13.6. The summed E-state index contributed by atoms with van der Waals surface area (Å²) in [4.78, 5) is 12.8. The van der Waals surface area contributed by atoms with Gasteiger partial charge in [0.05, 0.1) is 19.5 Å². The maximum atomic E-state index is 13.6. The summed E-state index contributed by atoms with van der Waals surface area (Å²) in [5, 5.41) is 7.87. The minimum atomic E-state index is -3.71. The molecule has 36 heavy (non-hydrogen) atoms. The van der Waals surface area contributed by atoms with Crippen LogP contribution in [0.2, 0.25) is 0 Å². The van der Waals surface area contributed by atoms with Crippen LogP contribution in [0.5, 0.6) is 11.5 Å². The van der Waals surface area contributed by atoms with Crippen LogP contribution >= 0.6 is 0 Å². The minimum Gasteiger partial charge on any atom is -0.494 e. The van der Waals surface area contributed by atoms with Crippen molar-refractivity contribution in [2.45, 2.75) is 37.7 Å². The van der Waals surface area contributed by atoms with Crippen molar-refractivity contribution in [1.29, 1.82) is 0 Å². The Kier molecular flexibility index (Phi) is 7.30. The Morgan fingerprint density at radius 1 is 0.944 bits per heavy atom. The smallest absolute Gasteiger partial charge is 0.170 e. The molecule has 0 saturated heterocycles. The number of rotatable bonds is 9. The van der Waals surface area contributed by atoms with Gasteiger partial charge in [0.25, 0.3) is 0 Å². The van der Waals surface area contributed by atoms with E-state index in [0.29, 0.717) is 34.4 Å². The van der Waals surface area contributed by atoms with E-state index < -0.39 is 21.0 Å². The van der Waals surface area contributed by atoms with Crippen LogP contribution in [-0.2, 0) is 15.6 Å². The van der Waals surface area contributed by atoms with Gasteiger partial charge in [0.1, 0.15) is 28.8 Å². The second-order valence-corrected chi connectivity index (χ2v) is 10.8. The molecule has 0 fully saturated rings. The molecule has 0 amide bonds. The number of para-hydroxylation sites is 1. The summed E-state index contributed by atoms with van der Waals surface area (Å²) in [5.74, 6) is 1.28. The van der Waals surface area contributed by atoms with Gasteiger partial charge < -0.3 is 9.47 Å². The van der Waals surface area contributed by atoms with Gasteiger partial charge in [0, 0.05) is 36.3 Å². The van der Waals surface area contributed by atoms with E-state index in [1.165, 1.54) is 14.2 Å². The summed E-state index contributed by atoms with van der Waals surface area (Å²) in [6.07, 6.45) is 6.65. The SMILES string of the molecule is COc1cccc(OC)c1-n1c(CS(=O)(=O)[C@@H](C)[C@H](C)c2ncc(C)cn2)nnc1-c1cccnc1. The molecular formula is C25H28N6O4S. The van der Waals surface area contributed by atoms with Crippen LogP contribution in [0, 0.1) is 6.92 Å². The van der Waals surface area contributed by atoms with Gasteiger partial charge in [-0.1, -0.05) is 13.0 Å². The topological polar surface area (TPSA) is 122 Å². The Balaban J connectivity index is 1.81. The lowest BCUT2D eigenvalue weighted by atomic mass is 10.1. The number of aryl methyl sites for hydroxylation is 1. The molecule has 188 valence electrons. The third-order valence-corrected chi connectivity index (χ3v) is 8.29. The molecule has 3 aromatic heterocycles. The zero-order chi connectivity index (χ0) is 25.9. The van der Waals surface area contributed by atoms with Crippen LogP contribution in [0.15, 0.2) is 55.1 Å². The lowest BCUT2D eigenvalue weighted by molar-refractivity contribution is 0.390. The number of hydrogen-bond acceptors (Lipinski definition) is 9. The fraction of sp³-hybridized carbons (Fsp3) is 0.320. The second-order valence-electron chi connectivity index (χ2n) is 8.45. The Hall–Kier alpha value is -3.86. The summed E-state index contributed by atoms with van der Waals surface area (Å²) in [6.45, 7) is 5.35. The Morgan fingerprint density at radius 2 is 1.61 bits per heavy atom. The largest absolute Gasteiger partial charge is 0.494 e. The van der Waals surface area contributed by atoms with Crippen molar-refractivity contribution in [3.63, 3.8) is 0 Å². The molecule has 0 unspecified atom stereocenters. The van der Waals surface area contributed by atoms with Crippen LogP contribution < -0.4 is 9.47 Å². The van der Waals surface area contributed by atoms with E-state index in [9.17, 15) is 8.42 Å². The molecular weight excluding hydrogens is 480 g/mol. The molecule has 10 nitrogen and oxygen atoms in total. The number of benzene rings is 1. The minimum absolute atomic E-state index is 0.223. The Labute approximate surface area is 210 Å². The summed E-state index contributed by atoms with van der Waals surface area (Å²) in [6, 6.07) is 8.92. The number of aromatic nitrogens is 6. The quantitative estimate of drug-likeness (QED) is 0.334. The van der Waals surface area contributed by atoms with Crippen molar-refractivity contribution in [1.82, 2.24) is 29.7 Å². The zero-order valence-electron chi connectivity index (χ0n) is 20.8. The van der Waals surface area contributed by atoms with Crippen LogP contribution in [-0.4, -0.2) is 57.6 Å². The first-order valence-corrected chi connectivity index (χ1v) is 13.0. The molecule has 11 heteroatoms. The van der Waals surface area contributed by atoms with Crippen LogP contribution in [0.3, 0.4) is 0 Å². The summed E-state index contributed by atoms with van der Waals surface area (Å²) >= 11 is 0. The predicted molar refractivity (Wildman–Crippen MR) is 135 cm³/mol. The number of ether oxygens (including phenoxy) is 2. The van der Waals surface area contributed by atoms with Gasteiger partial charge in [-0.05, 0) is 43.7 Å². The standard InChI is InChI=1S/C25H28N6O4S/c1-16-12-27-24(28-13-16)17(2)18(3)36(32,33)15-22-29-30-25(19-8-7-11-26-14-19)31(22)23-20(34-4)9-6-10-21(23)35-5/h6-14,17-18H,15H2,1-5H3/t17-,18-/m0/s1. The molecule has 0 spiro atoms. The van der Waals surface area contributed by atoms with Gasteiger partial charge in [-0.2, -0.15) is 0 Å². The zero-order valence-corrected chi connectivity index (χ0v) is 21.6. The van der Waals surface area contributed by atoms with Crippen molar-refractivity contribution in [3.8, 4) is 28.6 Å². The molecule has 0 aliphatic rings. The average molecular weight is 509 g/mol. The van der Waals surface area contributed by atoms with E-state index in [-0.39, 0.29) is 11.6 Å². The molecule has 4 rings (SSSR count). The van der Waals surface area contributed by atoms with Crippen molar-refractivity contribution >= 4 is 9.84 Å². The lowest BCUT2D eigenvalue weighted by Gasteiger charge is -2.20. The van der Waals surface area contributed by atoms with Crippen LogP contribution in [0.4, 0.5) is 0 Å². The van der Waals surface area contributed by atoms with Gasteiger partial charge in [-0.15, -0.1) is 10.2 Å². The van der Waals surface area contributed by atoms with E-state index in [2.05, 4.69) is 25.1 Å². The molecule has 0 aliphatic heterocycles. The first-order valence-electron chi connectivity index (χ1n) is 11.3. The molecule has 0 N–H and O–H groups in total. The molecule has 3 heterocycles.